The minimum Gasteiger partial charge on any atom is -0.492 e. The van der Waals surface area contributed by atoms with Crippen molar-refractivity contribution in [1.29, 1.82) is 0 Å². The van der Waals surface area contributed by atoms with Gasteiger partial charge in [-0.1, -0.05) is 30.3 Å². The molecule has 0 radical (unpaired) electrons. The molecule has 0 amide bonds. The van der Waals surface area contributed by atoms with Crippen LogP contribution in [0.2, 0.25) is 0 Å². The highest BCUT2D eigenvalue weighted by Crippen LogP contribution is 2.17. The normalized spacial score (nSPS) is 10.7. The van der Waals surface area contributed by atoms with E-state index in [2.05, 4.69) is 16.7 Å². The molecule has 0 fully saturated rings. The zero-order valence-corrected chi connectivity index (χ0v) is 12.8. The largest absolute Gasteiger partial charge is 0.673 e. The molecule has 0 spiro atoms. The van der Waals surface area contributed by atoms with Crippen LogP contribution in [0.5, 0.6) is 5.75 Å². The first-order valence-electron chi connectivity index (χ1n) is 7.04. The summed E-state index contributed by atoms with van der Waals surface area (Å²) in [6.45, 7) is 0. The highest BCUT2D eigenvalue weighted by atomic mass is 19.5. The van der Waals surface area contributed by atoms with E-state index in [9.17, 15) is 17.3 Å². The summed E-state index contributed by atoms with van der Waals surface area (Å²) in [5.41, 5.74) is 2.16. The molecule has 0 saturated heterocycles. The molecule has 1 aromatic heterocycles. The van der Waals surface area contributed by atoms with E-state index in [1.807, 2.05) is 65.8 Å². The lowest BCUT2D eigenvalue weighted by atomic mass is 10.3. The molecular weight excluding hydrogens is 323 g/mol. The number of hydrogen-bond donors (Lipinski definition) is 0. The molecule has 2 aromatic carbocycles. The summed E-state index contributed by atoms with van der Waals surface area (Å²) in [4.78, 5) is 0. The Kier molecular flexibility index (Phi) is 5.62. The maximum atomic E-state index is 9.75. The van der Waals surface area contributed by atoms with E-state index in [0.29, 0.717) is 0 Å². The molecule has 3 nitrogen and oxygen atoms in total. The molecular formula is C16H15BF4N2O. The molecule has 0 unspecified atom stereocenters. The van der Waals surface area contributed by atoms with Crippen molar-refractivity contribution < 1.29 is 26.6 Å². The van der Waals surface area contributed by atoms with Gasteiger partial charge in [-0.2, -0.15) is 4.57 Å². The van der Waals surface area contributed by atoms with Crippen molar-refractivity contribution in [3.8, 4) is 17.1 Å². The topological polar surface area (TPSA) is 18.0 Å². The first-order chi connectivity index (χ1) is 11.4. The minimum absolute atomic E-state index is 0.860. The summed E-state index contributed by atoms with van der Waals surface area (Å²) >= 11 is 0. The SMILES string of the molecule is COc1ccccc1-[n+]1ccn(-c2ccccc2)c1.F[B-](F)(F)F. The molecule has 8 heteroatoms. The maximum Gasteiger partial charge on any atom is 0.673 e. The van der Waals surface area contributed by atoms with E-state index in [-0.39, 0.29) is 0 Å². The van der Waals surface area contributed by atoms with E-state index in [1.54, 1.807) is 7.11 Å². The fourth-order valence-electron chi connectivity index (χ4n) is 2.09. The second-order valence-electron chi connectivity index (χ2n) is 4.73. The maximum absolute atomic E-state index is 9.75. The number of aromatic nitrogens is 2. The first-order valence-corrected chi connectivity index (χ1v) is 7.04. The summed E-state index contributed by atoms with van der Waals surface area (Å²) in [5.74, 6) is 0.860. The second-order valence-corrected chi connectivity index (χ2v) is 4.73. The third-order valence-electron chi connectivity index (χ3n) is 3.05. The first kappa shape index (κ1) is 17.6. The van der Waals surface area contributed by atoms with E-state index >= 15 is 0 Å². The lowest BCUT2D eigenvalue weighted by Gasteiger charge is -2.03. The Morgan fingerprint density at radius 1 is 0.917 bits per heavy atom. The summed E-state index contributed by atoms with van der Waals surface area (Å²) in [7, 11) is -4.31. The molecule has 0 aliphatic carbocycles. The number of methoxy groups -OCH3 is 1. The predicted octanol–water partition coefficient (Wildman–Crippen LogP) is 4.06. The molecule has 126 valence electrons. The van der Waals surface area contributed by atoms with Crippen molar-refractivity contribution in [2.75, 3.05) is 7.11 Å². The van der Waals surface area contributed by atoms with Crippen LogP contribution >= 0.6 is 0 Å². The number of ether oxygens (including phenoxy) is 1. The zero-order chi connectivity index (χ0) is 17.6. The number of hydrogen-bond acceptors (Lipinski definition) is 1. The average molecular weight is 338 g/mol. The monoisotopic (exact) mass is 338 g/mol. The van der Waals surface area contributed by atoms with Crippen LogP contribution in [0.1, 0.15) is 0 Å². The van der Waals surface area contributed by atoms with Crippen LogP contribution < -0.4 is 9.30 Å². The third kappa shape index (κ3) is 5.15. The van der Waals surface area contributed by atoms with Crippen LogP contribution in [-0.2, 0) is 0 Å². The average Bonchev–Trinajstić information content (AvgIpc) is 3.04. The van der Waals surface area contributed by atoms with Crippen molar-refractivity contribution in [2.45, 2.75) is 0 Å². The van der Waals surface area contributed by atoms with Gasteiger partial charge in [0.25, 0.3) is 6.33 Å². The molecule has 0 bridgehead atoms. The molecule has 1 heterocycles. The molecule has 3 rings (SSSR count). The van der Waals surface area contributed by atoms with Crippen molar-refractivity contribution in [1.82, 2.24) is 4.57 Å². The quantitative estimate of drug-likeness (QED) is 0.400. The Balaban J connectivity index is 0.000000368. The van der Waals surface area contributed by atoms with Crippen LogP contribution in [0.25, 0.3) is 11.4 Å². The molecule has 0 aliphatic heterocycles. The van der Waals surface area contributed by atoms with Gasteiger partial charge in [0.1, 0.15) is 18.1 Å². The van der Waals surface area contributed by atoms with Gasteiger partial charge < -0.3 is 22.0 Å². The van der Waals surface area contributed by atoms with Gasteiger partial charge in [-0.3, -0.25) is 0 Å². The number of para-hydroxylation sites is 3. The van der Waals surface area contributed by atoms with Crippen LogP contribution in [0, 0.1) is 0 Å². The van der Waals surface area contributed by atoms with Crippen molar-refractivity contribution in [3.63, 3.8) is 0 Å². The van der Waals surface area contributed by atoms with E-state index in [0.717, 1.165) is 17.1 Å². The molecule has 0 atom stereocenters. The van der Waals surface area contributed by atoms with Crippen LogP contribution in [0.15, 0.2) is 73.3 Å². The Bertz CT molecular complexity index is 769. The number of rotatable bonds is 3. The molecule has 3 aromatic rings. The Morgan fingerprint density at radius 3 is 2.12 bits per heavy atom. The van der Waals surface area contributed by atoms with Crippen molar-refractivity contribution in [2.24, 2.45) is 0 Å². The number of halogens is 4. The lowest BCUT2D eigenvalue weighted by molar-refractivity contribution is -0.595. The molecule has 0 N–H and O–H groups in total. The highest BCUT2D eigenvalue weighted by Gasteiger charge is 2.20. The number of benzene rings is 2. The number of imidazole rings is 1. The van der Waals surface area contributed by atoms with Gasteiger partial charge in [0.05, 0.1) is 7.11 Å². The van der Waals surface area contributed by atoms with Gasteiger partial charge in [-0.25, -0.2) is 4.57 Å². The standard InChI is InChI=1S/C16H15N2O.BF4/c1-19-16-10-6-5-9-15(16)18-12-11-17(13-18)14-7-3-2-4-8-14;2-1(3,4)5/h2-13H,1H3;/q+1;-1. The van der Waals surface area contributed by atoms with E-state index in [4.69, 9.17) is 4.74 Å². The second kappa shape index (κ2) is 7.67. The van der Waals surface area contributed by atoms with Gasteiger partial charge in [-0.05, 0) is 24.3 Å². The van der Waals surface area contributed by atoms with Gasteiger partial charge in [0, 0.05) is 0 Å². The van der Waals surface area contributed by atoms with Gasteiger partial charge in [0.15, 0.2) is 11.4 Å². The molecule has 0 saturated carbocycles. The Labute approximate surface area is 136 Å². The van der Waals surface area contributed by atoms with E-state index in [1.165, 1.54) is 0 Å². The van der Waals surface area contributed by atoms with Crippen LogP contribution in [0.3, 0.4) is 0 Å². The zero-order valence-electron chi connectivity index (χ0n) is 12.8. The third-order valence-corrected chi connectivity index (χ3v) is 3.05. The summed E-state index contributed by atoms with van der Waals surface area (Å²) in [6, 6.07) is 18.2. The fraction of sp³-hybridized carbons (Fsp3) is 0.0625. The van der Waals surface area contributed by atoms with Crippen LogP contribution in [-0.4, -0.2) is 18.9 Å². The summed E-state index contributed by atoms with van der Waals surface area (Å²) in [5, 5.41) is 0. The summed E-state index contributed by atoms with van der Waals surface area (Å²) < 4.78 is 48.5. The lowest BCUT2D eigenvalue weighted by Crippen LogP contribution is -2.28. The van der Waals surface area contributed by atoms with Gasteiger partial charge >= 0.3 is 7.25 Å². The highest BCUT2D eigenvalue weighted by molar-refractivity contribution is 6.50. The number of nitrogens with zero attached hydrogens (tertiary/aromatic N) is 2. The van der Waals surface area contributed by atoms with Gasteiger partial charge in [0.2, 0.25) is 0 Å². The molecule has 24 heavy (non-hydrogen) atoms. The Morgan fingerprint density at radius 2 is 1.50 bits per heavy atom. The smallest absolute Gasteiger partial charge is 0.492 e. The Hall–Kier alpha value is -2.77. The predicted molar refractivity (Wildman–Crippen MR) is 84.0 cm³/mol. The summed E-state index contributed by atoms with van der Waals surface area (Å²) in [6.07, 6.45) is 6.08. The molecule has 0 aliphatic rings. The van der Waals surface area contributed by atoms with E-state index < -0.39 is 7.25 Å². The van der Waals surface area contributed by atoms with Gasteiger partial charge in [-0.15, -0.1) is 0 Å². The minimum atomic E-state index is -6.00. The van der Waals surface area contributed by atoms with Crippen molar-refractivity contribution in [3.05, 3.63) is 73.3 Å². The fourth-order valence-corrected chi connectivity index (χ4v) is 2.09. The van der Waals surface area contributed by atoms with Crippen molar-refractivity contribution >= 4 is 7.25 Å². The van der Waals surface area contributed by atoms with Crippen LogP contribution in [0.4, 0.5) is 17.3 Å².